The maximum atomic E-state index is 13.1. The first-order valence-corrected chi connectivity index (χ1v) is 12.4. The van der Waals surface area contributed by atoms with Gasteiger partial charge in [-0.1, -0.05) is 47.7 Å². The number of fused-ring (bicyclic) bond motifs is 1. The molecule has 0 spiro atoms. The smallest absolute Gasteiger partial charge is 0.225 e. The van der Waals surface area contributed by atoms with Gasteiger partial charge in [0.25, 0.3) is 0 Å². The number of anilines is 1. The Morgan fingerprint density at radius 2 is 1.74 bits per heavy atom. The average Bonchev–Trinajstić information content (AvgIpc) is 3.23. The molecule has 2 aromatic carbocycles. The third-order valence-corrected chi connectivity index (χ3v) is 8.02. The van der Waals surface area contributed by atoms with Gasteiger partial charge >= 0.3 is 0 Å². The Bertz CT molecular complexity index is 1030. The van der Waals surface area contributed by atoms with Crippen LogP contribution in [0.25, 0.3) is 10.2 Å². The van der Waals surface area contributed by atoms with Gasteiger partial charge in [-0.3, -0.25) is 4.79 Å². The van der Waals surface area contributed by atoms with E-state index in [1.807, 2.05) is 0 Å². The predicted molar refractivity (Wildman–Crippen MR) is 129 cm³/mol. The minimum absolute atomic E-state index is 0.179. The molecule has 5 heteroatoms. The summed E-state index contributed by atoms with van der Waals surface area (Å²) in [5.41, 5.74) is 3.78. The van der Waals surface area contributed by atoms with E-state index in [4.69, 9.17) is 4.98 Å². The zero-order valence-corrected chi connectivity index (χ0v) is 19.1. The van der Waals surface area contributed by atoms with E-state index < -0.39 is 0 Å². The summed E-state index contributed by atoms with van der Waals surface area (Å²) in [6.45, 7) is 5.83. The van der Waals surface area contributed by atoms with Gasteiger partial charge in [-0.05, 0) is 68.2 Å². The van der Waals surface area contributed by atoms with Crippen molar-refractivity contribution in [2.75, 3.05) is 31.1 Å². The van der Waals surface area contributed by atoms with Crippen LogP contribution in [0, 0.1) is 18.8 Å². The molecule has 2 fully saturated rings. The van der Waals surface area contributed by atoms with Crippen molar-refractivity contribution in [2.45, 2.75) is 39.0 Å². The minimum atomic E-state index is 0.179. The summed E-state index contributed by atoms with van der Waals surface area (Å²) in [4.78, 5) is 22.5. The van der Waals surface area contributed by atoms with Crippen molar-refractivity contribution in [1.29, 1.82) is 0 Å². The zero-order chi connectivity index (χ0) is 21.2. The Morgan fingerprint density at radius 3 is 2.48 bits per heavy atom. The number of benzene rings is 2. The second-order valence-corrected chi connectivity index (χ2v) is 10.2. The molecule has 2 saturated heterocycles. The third kappa shape index (κ3) is 4.62. The maximum Gasteiger partial charge on any atom is 0.225 e. The molecule has 1 amide bonds. The number of rotatable bonds is 4. The van der Waals surface area contributed by atoms with Crippen molar-refractivity contribution in [3.63, 3.8) is 0 Å². The summed E-state index contributed by atoms with van der Waals surface area (Å²) in [6.07, 6.45) is 5.29. The quantitative estimate of drug-likeness (QED) is 0.560. The highest BCUT2D eigenvalue weighted by atomic mass is 32.1. The molecule has 0 atom stereocenters. The molecule has 162 valence electrons. The number of nitrogens with zero attached hydrogens (tertiary/aromatic N) is 3. The lowest BCUT2D eigenvalue weighted by atomic mass is 9.88. The van der Waals surface area contributed by atoms with Crippen LogP contribution in [0.3, 0.4) is 0 Å². The summed E-state index contributed by atoms with van der Waals surface area (Å²) in [5, 5.41) is 1.10. The summed E-state index contributed by atoms with van der Waals surface area (Å²) in [7, 11) is 0. The topological polar surface area (TPSA) is 36.4 Å². The second-order valence-electron chi connectivity index (χ2n) is 9.19. The van der Waals surface area contributed by atoms with Gasteiger partial charge in [-0.25, -0.2) is 4.98 Å². The Labute approximate surface area is 188 Å². The Morgan fingerprint density at radius 1 is 1.00 bits per heavy atom. The molecule has 0 saturated carbocycles. The normalized spacial score (nSPS) is 18.6. The first kappa shape index (κ1) is 20.5. The van der Waals surface area contributed by atoms with Crippen LogP contribution >= 0.6 is 11.3 Å². The zero-order valence-electron chi connectivity index (χ0n) is 18.3. The lowest BCUT2D eigenvalue weighted by Crippen LogP contribution is -2.45. The molecule has 1 aromatic heterocycles. The number of hydrogen-bond donors (Lipinski definition) is 0. The van der Waals surface area contributed by atoms with Crippen molar-refractivity contribution in [3.05, 3.63) is 59.7 Å². The lowest BCUT2D eigenvalue weighted by Gasteiger charge is -2.37. The Kier molecular flexibility index (Phi) is 5.95. The summed E-state index contributed by atoms with van der Waals surface area (Å²) in [5.74, 6) is 1.27. The van der Waals surface area contributed by atoms with Crippen LogP contribution in [0.15, 0.2) is 48.5 Å². The van der Waals surface area contributed by atoms with Crippen LogP contribution in [0.5, 0.6) is 0 Å². The van der Waals surface area contributed by atoms with Crippen molar-refractivity contribution in [1.82, 2.24) is 9.88 Å². The average molecular weight is 434 g/mol. The van der Waals surface area contributed by atoms with Gasteiger partial charge in [0.1, 0.15) is 0 Å². The standard InChI is InChI=1S/C26H31N3OS/c1-19-7-8-23-24(17-19)31-26(27-23)29-15-11-22(12-16-29)25(30)28-13-9-21(10-14-28)18-20-5-3-2-4-6-20/h2-8,17,21-22H,9-16,18H2,1H3. The summed E-state index contributed by atoms with van der Waals surface area (Å²) in [6, 6.07) is 17.2. The number of carbonyl (C=O) groups excluding carboxylic acids is 1. The number of likely N-dealkylation sites (tertiary alicyclic amines) is 1. The molecule has 31 heavy (non-hydrogen) atoms. The predicted octanol–water partition coefficient (Wildman–Crippen LogP) is 5.30. The molecule has 0 aliphatic carbocycles. The molecule has 0 unspecified atom stereocenters. The first-order valence-electron chi connectivity index (χ1n) is 11.6. The Hall–Kier alpha value is -2.40. The van der Waals surface area contributed by atoms with Gasteiger partial charge in [0.05, 0.1) is 10.2 Å². The van der Waals surface area contributed by atoms with Gasteiger partial charge in [0.15, 0.2) is 5.13 Å². The number of piperidine rings is 2. The van der Waals surface area contributed by atoms with Crippen LogP contribution in [-0.4, -0.2) is 42.0 Å². The molecule has 5 rings (SSSR count). The number of aryl methyl sites for hydroxylation is 1. The van der Waals surface area contributed by atoms with Crippen molar-refractivity contribution < 1.29 is 4.79 Å². The Balaban J connectivity index is 1.12. The van der Waals surface area contributed by atoms with Crippen LogP contribution in [0.2, 0.25) is 0 Å². The van der Waals surface area contributed by atoms with Gasteiger partial charge < -0.3 is 9.80 Å². The van der Waals surface area contributed by atoms with Gasteiger partial charge in [0.2, 0.25) is 5.91 Å². The number of amides is 1. The molecule has 0 radical (unpaired) electrons. The monoisotopic (exact) mass is 433 g/mol. The lowest BCUT2D eigenvalue weighted by molar-refractivity contribution is -0.137. The first-order chi connectivity index (χ1) is 15.2. The molecule has 3 heterocycles. The summed E-state index contributed by atoms with van der Waals surface area (Å²) >= 11 is 1.78. The number of hydrogen-bond acceptors (Lipinski definition) is 4. The number of thiazole rings is 1. The van der Waals surface area contributed by atoms with Crippen LogP contribution < -0.4 is 4.90 Å². The SMILES string of the molecule is Cc1ccc2nc(N3CCC(C(=O)N4CCC(Cc5ccccc5)CC4)CC3)sc2c1. The van der Waals surface area contributed by atoms with Crippen LogP contribution in [-0.2, 0) is 11.2 Å². The van der Waals surface area contributed by atoms with E-state index in [0.29, 0.717) is 11.8 Å². The van der Waals surface area contributed by atoms with Crippen molar-refractivity contribution in [2.24, 2.45) is 11.8 Å². The van der Waals surface area contributed by atoms with Crippen LogP contribution in [0.1, 0.15) is 36.8 Å². The maximum absolute atomic E-state index is 13.1. The van der Waals surface area contributed by atoms with Gasteiger partial charge in [0, 0.05) is 32.1 Å². The summed E-state index contributed by atoms with van der Waals surface area (Å²) < 4.78 is 1.26. The van der Waals surface area contributed by atoms with E-state index in [1.165, 1.54) is 15.8 Å². The fraction of sp³-hybridized carbons (Fsp3) is 0.462. The van der Waals surface area contributed by atoms with E-state index >= 15 is 0 Å². The fourth-order valence-electron chi connectivity index (χ4n) is 5.04. The van der Waals surface area contributed by atoms with Crippen LogP contribution in [0.4, 0.5) is 5.13 Å². The van der Waals surface area contributed by atoms with Gasteiger partial charge in [-0.2, -0.15) is 0 Å². The number of carbonyl (C=O) groups is 1. The molecule has 4 nitrogen and oxygen atoms in total. The molecule has 2 aliphatic heterocycles. The van der Waals surface area contributed by atoms with Crippen molar-refractivity contribution in [3.8, 4) is 0 Å². The highest BCUT2D eigenvalue weighted by Crippen LogP contribution is 2.33. The number of aromatic nitrogens is 1. The van der Waals surface area contributed by atoms with E-state index in [0.717, 1.165) is 68.9 Å². The molecule has 0 N–H and O–H groups in total. The largest absolute Gasteiger partial charge is 0.348 e. The fourth-order valence-corrected chi connectivity index (χ4v) is 6.15. The molecule has 3 aromatic rings. The van der Waals surface area contributed by atoms with E-state index in [9.17, 15) is 4.79 Å². The molecule has 2 aliphatic rings. The minimum Gasteiger partial charge on any atom is -0.348 e. The highest BCUT2D eigenvalue weighted by molar-refractivity contribution is 7.22. The highest BCUT2D eigenvalue weighted by Gasteiger charge is 2.31. The van der Waals surface area contributed by atoms with E-state index in [1.54, 1.807) is 11.3 Å². The molecular weight excluding hydrogens is 402 g/mol. The van der Waals surface area contributed by atoms with Crippen molar-refractivity contribution >= 4 is 32.6 Å². The third-order valence-electron chi connectivity index (χ3n) is 6.94. The van der Waals surface area contributed by atoms with Gasteiger partial charge in [-0.15, -0.1) is 0 Å². The molecular formula is C26H31N3OS. The van der Waals surface area contributed by atoms with E-state index in [2.05, 4.69) is 65.3 Å². The molecule has 0 bridgehead atoms. The van der Waals surface area contributed by atoms with E-state index in [-0.39, 0.29) is 5.92 Å². The second kappa shape index (κ2) is 8.99.